The average molecular weight is 425 g/mol. The van der Waals surface area contributed by atoms with Crippen molar-refractivity contribution >= 4 is 39.1 Å². The van der Waals surface area contributed by atoms with Crippen LogP contribution in [0.2, 0.25) is 0 Å². The van der Waals surface area contributed by atoms with E-state index >= 15 is 0 Å². The van der Waals surface area contributed by atoms with Gasteiger partial charge in [0.25, 0.3) is 0 Å². The van der Waals surface area contributed by atoms with E-state index in [4.69, 9.17) is 0 Å². The largest absolute Gasteiger partial charge is 0.478 e. The molecule has 0 spiro atoms. The lowest BCUT2D eigenvalue weighted by Crippen LogP contribution is -2.41. The molecule has 25 heavy (non-hydrogen) atoms. The number of nitrogens with zero attached hydrogens (tertiary/aromatic N) is 4. The zero-order valence-electron chi connectivity index (χ0n) is 13.4. The summed E-state index contributed by atoms with van der Waals surface area (Å²) in [6.45, 7) is 4.06. The molecule has 6 nitrogen and oxygen atoms in total. The fraction of sp³-hybridized carbons (Fsp3) is 0.250. The van der Waals surface area contributed by atoms with Crippen LogP contribution in [0.15, 0.2) is 44.4 Å². The molecule has 1 N–H and O–H groups in total. The maximum Gasteiger partial charge on any atom is 0.335 e. The first-order valence-electron chi connectivity index (χ1n) is 7.45. The molecule has 2 heterocycles. The van der Waals surface area contributed by atoms with Crippen LogP contribution >= 0.6 is 27.3 Å². The molecule has 1 aliphatic rings. The second-order valence-electron chi connectivity index (χ2n) is 5.34. The van der Waals surface area contributed by atoms with Crippen molar-refractivity contribution in [2.75, 3.05) is 6.54 Å². The normalized spacial score (nSPS) is 17.7. The third-order valence-electron chi connectivity index (χ3n) is 3.90. The van der Waals surface area contributed by atoms with Gasteiger partial charge in [0.15, 0.2) is 10.8 Å². The van der Waals surface area contributed by atoms with Crippen LogP contribution in [-0.4, -0.2) is 38.6 Å². The standard InChI is InChI=1S/C16H14BrFN4O2S/c1-3-22-13(10-5-4-9(18)6-11(10)17)12(16(23)24)8(2)20-14(22)15-21-19-7-25-15/h4-7,13H,3H2,1-2H3,(H,23,24). The fourth-order valence-electron chi connectivity index (χ4n) is 2.85. The lowest BCUT2D eigenvalue weighted by Gasteiger charge is -2.37. The van der Waals surface area contributed by atoms with Gasteiger partial charge in [0, 0.05) is 11.0 Å². The maximum absolute atomic E-state index is 13.5. The molecule has 0 radical (unpaired) electrons. The summed E-state index contributed by atoms with van der Waals surface area (Å²) in [5.74, 6) is -0.893. The number of benzene rings is 1. The van der Waals surface area contributed by atoms with Gasteiger partial charge < -0.3 is 10.0 Å². The van der Waals surface area contributed by atoms with Gasteiger partial charge in [-0.05, 0) is 31.5 Å². The van der Waals surface area contributed by atoms with Gasteiger partial charge in [0.2, 0.25) is 0 Å². The van der Waals surface area contributed by atoms with E-state index in [1.807, 2.05) is 11.8 Å². The number of hydrogen-bond acceptors (Lipinski definition) is 6. The predicted molar refractivity (Wildman–Crippen MR) is 96.0 cm³/mol. The summed E-state index contributed by atoms with van der Waals surface area (Å²) >= 11 is 4.68. The Bertz CT molecular complexity index is 882. The van der Waals surface area contributed by atoms with Crippen LogP contribution < -0.4 is 0 Å². The highest BCUT2D eigenvalue weighted by molar-refractivity contribution is 9.10. The van der Waals surface area contributed by atoms with Gasteiger partial charge in [0.1, 0.15) is 11.3 Å². The smallest absolute Gasteiger partial charge is 0.335 e. The molecule has 2 aromatic rings. The molecule has 0 bridgehead atoms. The highest BCUT2D eigenvalue weighted by Crippen LogP contribution is 2.39. The molecule has 1 unspecified atom stereocenters. The first kappa shape index (κ1) is 17.7. The topological polar surface area (TPSA) is 78.7 Å². The Morgan fingerprint density at radius 3 is 2.80 bits per heavy atom. The van der Waals surface area contributed by atoms with E-state index in [1.54, 1.807) is 18.5 Å². The monoisotopic (exact) mass is 424 g/mol. The second kappa shape index (κ2) is 7.01. The van der Waals surface area contributed by atoms with Gasteiger partial charge in [-0.3, -0.25) is 0 Å². The number of carbonyl (C=O) groups is 1. The van der Waals surface area contributed by atoms with E-state index in [9.17, 15) is 14.3 Å². The van der Waals surface area contributed by atoms with E-state index in [1.165, 1.54) is 23.5 Å². The van der Waals surface area contributed by atoms with Crippen LogP contribution in [0, 0.1) is 5.82 Å². The number of rotatable bonds is 4. The molecule has 1 atom stereocenters. The van der Waals surface area contributed by atoms with E-state index in [0.29, 0.717) is 33.1 Å². The van der Waals surface area contributed by atoms with Crippen molar-refractivity contribution in [2.45, 2.75) is 19.9 Å². The SMILES string of the molecule is CCN1C(c2nncs2)=NC(C)=C(C(=O)O)C1c1ccc(F)cc1Br. The lowest BCUT2D eigenvalue weighted by molar-refractivity contribution is -0.133. The highest BCUT2D eigenvalue weighted by Gasteiger charge is 2.37. The van der Waals surface area contributed by atoms with Crippen molar-refractivity contribution < 1.29 is 14.3 Å². The number of aromatic nitrogens is 2. The van der Waals surface area contributed by atoms with Gasteiger partial charge in [-0.15, -0.1) is 10.2 Å². The van der Waals surface area contributed by atoms with Crippen LogP contribution in [0.3, 0.4) is 0 Å². The predicted octanol–water partition coefficient (Wildman–Crippen LogP) is 3.62. The molecule has 9 heteroatoms. The molecule has 130 valence electrons. The van der Waals surface area contributed by atoms with Crippen molar-refractivity contribution in [3.63, 3.8) is 0 Å². The van der Waals surface area contributed by atoms with Gasteiger partial charge in [-0.1, -0.05) is 33.3 Å². The fourth-order valence-corrected chi connectivity index (χ4v) is 3.98. The number of aliphatic carboxylic acids is 1. The molecule has 1 aromatic heterocycles. The zero-order chi connectivity index (χ0) is 18.1. The van der Waals surface area contributed by atoms with E-state index in [-0.39, 0.29) is 5.57 Å². The molecular weight excluding hydrogens is 411 g/mol. The summed E-state index contributed by atoms with van der Waals surface area (Å²) in [7, 11) is 0. The van der Waals surface area contributed by atoms with Gasteiger partial charge >= 0.3 is 5.97 Å². The quantitative estimate of drug-likeness (QED) is 0.810. The van der Waals surface area contributed by atoms with Crippen molar-refractivity contribution in [1.29, 1.82) is 0 Å². The van der Waals surface area contributed by atoms with Gasteiger partial charge in [-0.2, -0.15) is 0 Å². The molecule has 0 saturated carbocycles. The first-order valence-corrected chi connectivity index (χ1v) is 9.12. The highest BCUT2D eigenvalue weighted by atomic mass is 79.9. The maximum atomic E-state index is 13.5. The molecular formula is C16H14BrFN4O2S. The third-order valence-corrected chi connectivity index (χ3v) is 5.27. The number of hydrogen-bond donors (Lipinski definition) is 1. The van der Waals surface area contributed by atoms with Gasteiger partial charge in [0.05, 0.1) is 17.3 Å². The van der Waals surface area contributed by atoms with E-state index < -0.39 is 17.8 Å². The summed E-state index contributed by atoms with van der Waals surface area (Å²) in [5, 5.41) is 18.3. The molecule has 0 fully saturated rings. The lowest BCUT2D eigenvalue weighted by atomic mass is 9.93. The Morgan fingerprint density at radius 2 is 2.24 bits per heavy atom. The Labute approximate surface area is 155 Å². The number of amidine groups is 1. The van der Waals surface area contributed by atoms with E-state index in [2.05, 4.69) is 31.1 Å². The third kappa shape index (κ3) is 3.21. The molecule has 0 amide bonds. The van der Waals surface area contributed by atoms with Crippen molar-refractivity contribution in [3.8, 4) is 0 Å². The minimum Gasteiger partial charge on any atom is -0.478 e. The Morgan fingerprint density at radius 1 is 1.48 bits per heavy atom. The number of aliphatic imine (C=N–C) groups is 1. The zero-order valence-corrected chi connectivity index (χ0v) is 15.8. The number of carboxylic acids is 1. The first-order chi connectivity index (χ1) is 11.9. The number of halogens is 2. The average Bonchev–Trinajstić information content (AvgIpc) is 3.08. The van der Waals surface area contributed by atoms with Crippen LogP contribution in [0.4, 0.5) is 4.39 Å². The second-order valence-corrected chi connectivity index (χ2v) is 7.03. The minimum atomic E-state index is -1.06. The Hall–Kier alpha value is -2.13. The Balaban J connectivity index is 2.23. The summed E-state index contributed by atoms with van der Waals surface area (Å²) in [4.78, 5) is 18.2. The van der Waals surface area contributed by atoms with Crippen LogP contribution in [0.5, 0.6) is 0 Å². The van der Waals surface area contributed by atoms with Crippen molar-refractivity contribution in [2.24, 2.45) is 4.99 Å². The molecule has 0 aliphatic carbocycles. The summed E-state index contributed by atoms with van der Waals surface area (Å²) in [5.41, 5.74) is 2.79. The summed E-state index contributed by atoms with van der Waals surface area (Å²) in [6.07, 6.45) is 0. The number of carboxylic acid groups (broad SMARTS) is 1. The van der Waals surface area contributed by atoms with Crippen molar-refractivity contribution in [1.82, 2.24) is 15.1 Å². The van der Waals surface area contributed by atoms with Crippen LogP contribution in [-0.2, 0) is 4.79 Å². The summed E-state index contributed by atoms with van der Waals surface area (Å²) in [6, 6.07) is 3.62. The minimum absolute atomic E-state index is 0.155. The van der Waals surface area contributed by atoms with Crippen LogP contribution in [0.1, 0.15) is 30.5 Å². The number of allylic oxidation sites excluding steroid dienone is 1. The molecule has 1 aliphatic heterocycles. The van der Waals surface area contributed by atoms with Crippen LogP contribution in [0.25, 0.3) is 0 Å². The van der Waals surface area contributed by atoms with E-state index in [0.717, 1.165) is 0 Å². The van der Waals surface area contributed by atoms with Gasteiger partial charge in [-0.25, -0.2) is 14.2 Å². The molecule has 3 rings (SSSR count). The molecule has 1 aromatic carbocycles. The molecule has 0 saturated heterocycles. The Kier molecular flexibility index (Phi) is 4.96. The number of likely N-dealkylation sites (N-methyl/N-ethyl adjacent to an activating group) is 1. The van der Waals surface area contributed by atoms with Crippen molar-refractivity contribution in [3.05, 3.63) is 55.8 Å². The summed E-state index contributed by atoms with van der Waals surface area (Å²) < 4.78 is 14.0.